The SMILES string of the molecule is O=C(OCCOCC(F)(F)F)OCCOCC(F)(F)F. The predicted octanol–water partition coefficient (Wildman–Crippen LogP) is 2.30. The Balaban J connectivity index is 3.38. The number of alkyl halides is 6. The first-order valence-electron chi connectivity index (χ1n) is 5.19. The molecule has 0 bridgehead atoms. The Bertz CT molecular complexity index is 251. The van der Waals surface area contributed by atoms with Crippen molar-refractivity contribution in [2.45, 2.75) is 12.4 Å². The van der Waals surface area contributed by atoms with Crippen LogP contribution >= 0.6 is 0 Å². The predicted molar refractivity (Wildman–Crippen MR) is 51.0 cm³/mol. The second kappa shape index (κ2) is 8.84. The van der Waals surface area contributed by atoms with E-state index in [0.29, 0.717) is 0 Å². The molecule has 0 unspecified atom stereocenters. The molecule has 0 rings (SSSR count). The van der Waals surface area contributed by atoms with Gasteiger partial charge in [0, 0.05) is 0 Å². The summed E-state index contributed by atoms with van der Waals surface area (Å²) in [6, 6.07) is 0. The quantitative estimate of drug-likeness (QED) is 0.391. The molecule has 0 radical (unpaired) electrons. The van der Waals surface area contributed by atoms with Crippen LogP contribution in [0, 0.1) is 0 Å². The first kappa shape index (κ1) is 18.8. The zero-order valence-electron chi connectivity index (χ0n) is 10.1. The van der Waals surface area contributed by atoms with E-state index in [1.165, 1.54) is 0 Å². The Morgan fingerprint density at radius 1 is 0.700 bits per heavy atom. The Kier molecular flexibility index (Phi) is 8.30. The molecular formula is C9H12F6O5. The summed E-state index contributed by atoms with van der Waals surface area (Å²) >= 11 is 0. The summed E-state index contributed by atoms with van der Waals surface area (Å²) in [7, 11) is 0. The normalized spacial score (nSPS) is 12.3. The van der Waals surface area contributed by atoms with E-state index < -0.39 is 58.1 Å². The van der Waals surface area contributed by atoms with E-state index in [9.17, 15) is 31.1 Å². The second-order valence-electron chi connectivity index (χ2n) is 3.28. The van der Waals surface area contributed by atoms with Gasteiger partial charge in [0.1, 0.15) is 26.4 Å². The van der Waals surface area contributed by atoms with Gasteiger partial charge in [-0.2, -0.15) is 26.3 Å². The van der Waals surface area contributed by atoms with Crippen molar-refractivity contribution in [1.82, 2.24) is 0 Å². The van der Waals surface area contributed by atoms with Crippen molar-refractivity contribution in [2.24, 2.45) is 0 Å². The summed E-state index contributed by atoms with van der Waals surface area (Å²) in [4.78, 5) is 10.8. The summed E-state index contributed by atoms with van der Waals surface area (Å²) < 4.78 is 86.5. The lowest BCUT2D eigenvalue weighted by Gasteiger charge is -2.09. The van der Waals surface area contributed by atoms with Crippen LogP contribution in [0.25, 0.3) is 0 Å². The highest BCUT2D eigenvalue weighted by molar-refractivity contribution is 5.59. The van der Waals surface area contributed by atoms with Gasteiger partial charge in [-0.25, -0.2) is 4.79 Å². The number of hydrogen-bond donors (Lipinski definition) is 0. The minimum Gasteiger partial charge on any atom is -0.432 e. The van der Waals surface area contributed by atoms with Crippen LogP contribution in [0.15, 0.2) is 0 Å². The molecule has 0 aromatic rings. The maximum atomic E-state index is 11.6. The average molecular weight is 314 g/mol. The van der Waals surface area contributed by atoms with Crippen LogP contribution in [0.1, 0.15) is 0 Å². The molecule has 0 aliphatic rings. The first-order valence-corrected chi connectivity index (χ1v) is 5.19. The fourth-order valence-corrected chi connectivity index (χ4v) is 0.785. The Morgan fingerprint density at radius 2 is 1.05 bits per heavy atom. The molecule has 120 valence electrons. The maximum Gasteiger partial charge on any atom is 0.508 e. The van der Waals surface area contributed by atoms with E-state index >= 15 is 0 Å². The van der Waals surface area contributed by atoms with Crippen LogP contribution in [-0.2, 0) is 18.9 Å². The van der Waals surface area contributed by atoms with Gasteiger partial charge < -0.3 is 18.9 Å². The number of carbonyl (C=O) groups excluding carboxylic acids is 1. The van der Waals surface area contributed by atoms with Gasteiger partial charge in [0.15, 0.2) is 0 Å². The minimum atomic E-state index is -4.48. The molecule has 0 atom stereocenters. The van der Waals surface area contributed by atoms with Crippen molar-refractivity contribution >= 4 is 6.16 Å². The molecule has 0 saturated carbocycles. The minimum absolute atomic E-state index is 0.474. The zero-order chi connectivity index (χ0) is 15.6. The standard InChI is InChI=1S/C9H12F6O5/c10-8(11,12)5-17-1-3-19-7(16)20-4-2-18-6-9(13,14)15/h1-6H2. The van der Waals surface area contributed by atoms with Crippen molar-refractivity contribution in [2.75, 3.05) is 39.6 Å². The first-order chi connectivity index (χ1) is 9.10. The third-order valence-electron chi connectivity index (χ3n) is 1.43. The molecule has 0 N–H and O–H groups in total. The van der Waals surface area contributed by atoms with Gasteiger partial charge in [0.2, 0.25) is 0 Å². The second-order valence-corrected chi connectivity index (χ2v) is 3.28. The van der Waals surface area contributed by atoms with Crippen LogP contribution in [-0.4, -0.2) is 58.1 Å². The van der Waals surface area contributed by atoms with E-state index in [-0.39, 0.29) is 0 Å². The highest BCUT2D eigenvalue weighted by Gasteiger charge is 2.28. The number of rotatable bonds is 8. The van der Waals surface area contributed by atoms with Crippen molar-refractivity contribution in [3.05, 3.63) is 0 Å². The molecule has 5 nitrogen and oxygen atoms in total. The highest BCUT2D eigenvalue weighted by atomic mass is 19.4. The summed E-state index contributed by atoms with van der Waals surface area (Å²) in [5, 5.41) is 0. The lowest BCUT2D eigenvalue weighted by atomic mass is 10.7. The number of ether oxygens (including phenoxy) is 4. The Morgan fingerprint density at radius 3 is 1.35 bits per heavy atom. The van der Waals surface area contributed by atoms with Gasteiger partial charge >= 0.3 is 18.5 Å². The molecule has 0 aliphatic heterocycles. The molecule has 20 heavy (non-hydrogen) atoms. The van der Waals surface area contributed by atoms with Crippen molar-refractivity contribution < 1.29 is 50.1 Å². The van der Waals surface area contributed by atoms with Gasteiger partial charge in [0.25, 0.3) is 0 Å². The van der Waals surface area contributed by atoms with Gasteiger partial charge in [-0.15, -0.1) is 0 Å². The lowest BCUT2D eigenvalue weighted by Crippen LogP contribution is -2.21. The van der Waals surface area contributed by atoms with E-state index in [4.69, 9.17) is 0 Å². The van der Waals surface area contributed by atoms with Crippen molar-refractivity contribution in [3.63, 3.8) is 0 Å². The maximum absolute atomic E-state index is 11.6. The van der Waals surface area contributed by atoms with Crippen LogP contribution < -0.4 is 0 Å². The monoisotopic (exact) mass is 314 g/mol. The summed E-state index contributed by atoms with van der Waals surface area (Å²) in [5.74, 6) is 0. The molecule has 0 aromatic carbocycles. The van der Waals surface area contributed by atoms with Gasteiger partial charge in [-0.05, 0) is 0 Å². The molecule has 0 aliphatic carbocycles. The summed E-state index contributed by atoms with van der Waals surface area (Å²) in [5.41, 5.74) is 0. The Labute approximate surface area is 109 Å². The van der Waals surface area contributed by atoms with E-state index in [1.54, 1.807) is 0 Å². The number of halogens is 6. The fraction of sp³-hybridized carbons (Fsp3) is 0.889. The topological polar surface area (TPSA) is 54.0 Å². The van der Waals surface area contributed by atoms with Crippen LogP contribution in [0.3, 0.4) is 0 Å². The van der Waals surface area contributed by atoms with Gasteiger partial charge in [-0.3, -0.25) is 0 Å². The molecular weight excluding hydrogens is 302 g/mol. The number of carbonyl (C=O) groups is 1. The van der Waals surface area contributed by atoms with E-state index in [1.807, 2.05) is 0 Å². The molecule has 0 saturated heterocycles. The van der Waals surface area contributed by atoms with Crippen molar-refractivity contribution in [3.8, 4) is 0 Å². The third kappa shape index (κ3) is 14.8. The third-order valence-corrected chi connectivity index (χ3v) is 1.43. The molecule has 0 amide bonds. The molecule has 0 fully saturated rings. The summed E-state index contributed by atoms with van der Waals surface area (Å²) in [6.45, 7) is -4.87. The fourth-order valence-electron chi connectivity index (χ4n) is 0.785. The Hall–Kier alpha value is -1.23. The lowest BCUT2D eigenvalue weighted by molar-refractivity contribution is -0.176. The van der Waals surface area contributed by atoms with Crippen LogP contribution in [0.5, 0.6) is 0 Å². The molecule has 11 heteroatoms. The molecule has 0 aromatic heterocycles. The average Bonchev–Trinajstić information content (AvgIpc) is 2.25. The molecule has 0 spiro atoms. The van der Waals surface area contributed by atoms with E-state index in [2.05, 4.69) is 18.9 Å². The smallest absolute Gasteiger partial charge is 0.432 e. The van der Waals surface area contributed by atoms with Gasteiger partial charge in [-0.1, -0.05) is 0 Å². The number of hydrogen-bond acceptors (Lipinski definition) is 5. The summed E-state index contributed by atoms with van der Waals surface area (Å²) in [6.07, 6.45) is -10.2. The van der Waals surface area contributed by atoms with Crippen LogP contribution in [0.4, 0.5) is 31.1 Å². The zero-order valence-corrected chi connectivity index (χ0v) is 10.1. The van der Waals surface area contributed by atoms with Crippen LogP contribution in [0.2, 0.25) is 0 Å². The largest absolute Gasteiger partial charge is 0.508 e. The molecule has 0 heterocycles. The van der Waals surface area contributed by atoms with Gasteiger partial charge in [0.05, 0.1) is 13.2 Å². The van der Waals surface area contributed by atoms with Crippen molar-refractivity contribution in [1.29, 1.82) is 0 Å². The highest BCUT2D eigenvalue weighted by Crippen LogP contribution is 2.14. The van der Waals surface area contributed by atoms with E-state index in [0.717, 1.165) is 0 Å².